The minimum atomic E-state index is -1.27. The van der Waals surface area contributed by atoms with Gasteiger partial charge in [-0.3, -0.25) is 15.0 Å². The van der Waals surface area contributed by atoms with Gasteiger partial charge in [-0.2, -0.15) is 0 Å². The fourth-order valence-corrected chi connectivity index (χ4v) is 4.77. The highest BCUT2D eigenvalue weighted by molar-refractivity contribution is 6.31. The van der Waals surface area contributed by atoms with Gasteiger partial charge in [0.25, 0.3) is 5.91 Å². The number of methoxy groups -OCH3 is 1. The molecule has 12 heteroatoms. The van der Waals surface area contributed by atoms with Crippen molar-refractivity contribution >= 4 is 46.0 Å². The highest BCUT2D eigenvalue weighted by Gasteiger charge is 2.33. The van der Waals surface area contributed by atoms with E-state index in [1.54, 1.807) is 7.11 Å². The molecule has 0 aliphatic carbocycles. The van der Waals surface area contributed by atoms with E-state index in [-0.39, 0.29) is 36.1 Å². The maximum atomic E-state index is 14.0. The first-order chi connectivity index (χ1) is 19.7. The van der Waals surface area contributed by atoms with Crippen molar-refractivity contribution in [3.63, 3.8) is 0 Å². The number of ether oxygens (including phenoxy) is 1. The molecule has 6 N–H and O–H groups in total. The summed E-state index contributed by atoms with van der Waals surface area (Å²) in [5.41, 5.74) is 7.63. The number of guanidine groups is 1. The molecule has 1 atom stereocenters. The van der Waals surface area contributed by atoms with E-state index >= 15 is 0 Å². The number of amides is 2. The van der Waals surface area contributed by atoms with Gasteiger partial charge in [0.15, 0.2) is 5.96 Å². The van der Waals surface area contributed by atoms with Gasteiger partial charge in [-0.1, -0.05) is 17.7 Å². The van der Waals surface area contributed by atoms with Crippen LogP contribution < -0.4 is 21.1 Å². The fourth-order valence-electron chi connectivity index (χ4n) is 4.50. The SMILES string of the molecule is COc1ccc2[nH]cc(CCN(C(=O)CCNC(=N)N)C(C(=O)Nc3ccc(F)cc3)c3ccc(F)cc3Cl)c2c1. The van der Waals surface area contributed by atoms with Crippen LogP contribution in [0.1, 0.15) is 23.6 Å². The van der Waals surface area contributed by atoms with Crippen LogP contribution in [0.15, 0.2) is 66.9 Å². The molecule has 4 aromatic rings. The number of H-pyrrole nitrogens is 1. The Hall–Kier alpha value is -4.64. The molecule has 1 heterocycles. The quantitative estimate of drug-likeness (QED) is 0.129. The smallest absolute Gasteiger partial charge is 0.251 e. The summed E-state index contributed by atoms with van der Waals surface area (Å²) in [6.45, 7) is 0.136. The van der Waals surface area contributed by atoms with E-state index in [1.165, 1.54) is 35.2 Å². The topological polar surface area (TPSA) is 136 Å². The molecule has 1 aromatic heterocycles. The second-order valence-corrected chi connectivity index (χ2v) is 9.62. The number of anilines is 1. The number of hydrogen-bond donors (Lipinski definition) is 5. The van der Waals surface area contributed by atoms with Crippen LogP contribution in [0.2, 0.25) is 5.02 Å². The van der Waals surface area contributed by atoms with Crippen molar-refractivity contribution in [1.29, 1.82) is 5.41 Å². The molecule has 0 fully saturated rings. The Kier molecular flexibility index (Phi) is 9.41. The molecule has 9 nitrogen and oxygen atoms in total. The molecule has 214 valence electrons. The molecule has 0 bridgehead atoms. The number of rotatable bonds is 11. The molecule has 1 unspecified atom stereocenters. The number of carbonyl (C=O) groups is 2. The lowest BCUT2D eigenvalue weighted by Gasteiger charge is -2.32. The van der Waals surface area contributed by atoms with Gasteiger partial charge in [0.1, 0.15) is 23.4 Å². The second-order valence-electron chi connectivity index (χ2n) is 9.22. The number of fused-ring (bicyclic) bond motifs is 1. The van der Waals surface area contributed by atoms with Gasteiger partial charge in [0.2, 0.25) is 5.91 Å². The van der Waals surface area contributed by atoms with Crippen LogP contribution in [-0.2, 0) is 16.0 Å². The Balaban J connectivity index is 1.72. The fraction of sp³-hybridized carbons (Fsp3) is 0.207. The molecule has 41 heavy (non-hydrogen) atoms. The number of aromatic nitrogens is 1. The van der Waals surface area contributed by atoms with E-state index in [2.05, 4.69) is 15.6 Å². The normalized spacial score (nSPS) is 11.6. The predicted molar refractivity (Wildman–Crippen MR) is 154 cm³/mol. The van der Waals surface area contributed by atoms with Crippen LogP contribution in [0.4, 0.5) is 14.5 Å². The average Bonchev–Trinajstić information content (AvgIpc) is 3.34. The molecule has 0 spiro atoms. The number of nitrogens with two attached hydrogens (primary N) is 1. The number of nitrogens with zero attached hydrogens (tertiary/aromatic N) is 1. The Bertz CT molecular complexity index is 1560. The molecule has 2 amide bonds. The lowest BCUT2D eigenvalue weighted by molar-refractivity contribution is -0.138. The summed E-state index contributed by atoms with van der Waals surface area (Å²) >= 11 is 6.41. The third kappa shape index (κ3) is 7.31. The van der Waals surface area contributed by atoms with Crippen LogP contribution >= 0.6 is 11.6 Å². The van der Waals surface area contributed by atoms with Crippen LogP contribution in [0.5, 0.6) is 5.75 Å². The Morgan fingerprint density at radius 3 is 2.51 bits per heavy atom. The third-order valence-corrected chi connectivity index (χ3v) is 6.83. The van der Waals surface area contributed by atoms with Crippen molar-refractivity contribution in [2.75, 3.05) is 25.5 Å². The van der Waals surface area contributed by atoms with Crippen molar-refractivity contribution in [1.82, 2.24) is 15.2 Å². The third-order valence-electron chi connectivity index (χ3n) is 6.50. The molecule has 4 rings (SSSR count). The van der Waals surface area contributed by atoms with Crippen molar-refractivity contribution < 1.29 is 23.1 Å². The monoisotopic (exact) mass is 582 g/mol. The van der Waals surface area contributed by atoms with Crippen LogP contribution in [-0.4, -0.2) is 47.9 Å². The van der Waals surface area contributed by atoms with E-state index in [0.717, 1.165) is 28.6 Å². The lowest BCUT2D eigenvalue weighted by atomic mass is 10.0. The van der Waals surface area contributed by atoms with Crippen LogP contribution in [0.25, 0.3) is 10.9 Å². The minimum absolute atomic E-state index is 0.0410. The molecular weight excluding hydrogens is 554 g/mol. The summed E-state index contributed by atoms with van der Waals surface area (Å²) in [4.78, 5) is 32.0. The maximum Gasteiger partial charge on any atom is 0.251 e. The average molecular weight is 583 g/mol. The van der Waals surface area contributed by atoms with Crippen molar-refractivity contribution in [2.45, 2.75) is 18.9 Å². The zero-order valence-electron chi connectivity index (χ0n) is 22.1. The Labute approximate surface area is 240 Å². The van der Waals surface area contributed by atoms with Crippen LogP contribution in [0, 0.1) is 17.0 Å². The van der Waals surface area contributed by atoms with E-state index < -0.39 is 29.5 Å². The van der Waals surface area contributed by atoms with Gasteiger partial charge < -0.3 is 31.0 Å². The van der Waals surface area contributed by atoms with Gasteiger partial charge >= 0.3 is 0 Å². The number of halogens is 3. The number of aromatic amines is 1. The maximum absolute atomic E-state index is 14.0. The first kappa shape index (κ1) is 29.3. The number of benzene rings is 3. The van der Waals surface area contributed by atoms with Gasteiger partial charge in [-0.25, -0.2) is 8.78 Å². The summed E-state index contributed by atoms with van der Waals surface area (Å²) < 4.78 is 32.8. The molecule has 0 radical (unpaired) electrons. The van der Waals surface area contributed by atoms with Crippen molar-refractivity contribution in [3.8, 4) is 5.75 Å². The molecule has 0 saturated heterocycles. The first-order valence-electron chi connectivity index (χ1n) is 12.7. The zero-order valence-corrected chi connectivity index (χ0v) is 22.9. The zero-order chi connectivity index (χ0) is 29.5. The van der Waals surface area contributed by atoms with E-state index in [0.29, 0.717) is 17.9 Å². The highest BCUT2D eigenvalue weighted by atomic mass is 35.5. The number of hydrogen-bond acceptors (Lipinski definition) is 4. The molecule has 0 aliphatic rings. The second kappa shape index (κ2) is 13.1. The van der Waals surface area contributed by atoms with Crippen molar-refractivity contribution in [3.05, 3.63) is 94.6 Å². The molecule has 0 saturated carbocycles. The summed E-state index contributed by atoms with van der Waals surface area (Å²) in [6, 6.07) is 13.1. The first-order valence-corrected chi connectivity index (χ1v) is 13.1. The van der Waals surface area contributed by atoms with E-state index in [9.17, 15) is 18.4 Å². The summed E-state index contributed by atoms with van der Waals surface area (Å²) in [5, 5.41) is 13.5. The lowest BCUT2D eigenvalue weighted by Crippen LogP contribution is -2.44. The van der Waals surface area contributed by atoms with Crippen LogP contribution in [0.3, 0.4) is 0 Å². The van der Waals surface area contributed by atoms with E-state index in [4.69, 9.17) is 27.5 Å². The number of nitrogens with one attached hydrogen (secondary N) is 4. The van der Waals surface area contributed by atoms with Gasteiger partial charge in [0, 0.05) is 52.9 Å². The molecular formula is C29H29ClF2N6O3. The standard InChI is InChI=1S/C29H29ClF2N6O3/c1-41-21-7-9-25-23(15-21)17(16-36-25)11-13-38(26(39)10-12-35-29(33)34)27(22-8-4-19(32)14-24(22)30)28(40)37-20-5-2-18(31)3-6-20/h2-9,14-16,27,36H,10-13H2,1H3,(H,37,40)(H4,33,34,35). The molecule has 0 aliphatic heterocycles. The van der Waals surface area contributed by atoms with Gasteiger partial charge in [-0.05, 0) is 66.6 Å². The Morgan fingerprint density at radius 1 is 1.10 bits per heavy atom. The van der Waals surface area contributed by atoms with Gasteiger partial charge in [-0.15, -0.1) is 0 Å². The minimum Gasteiger partial charge on any atom is -0.497 e. The molecule has 3 aromatic carbocycles. The predicted octanol–water partition coefficient (Wildman–Crippen LogP) is 4.73. The van der Waals surface area contributed by atoms with E-state index in [1.807, 2.05) is 24.4 Å². The Morgan fingerprint density at radius 2 is 1.83 bits per heavy atom. The summed E-state index contributed by atoms with van der Waals surface area (Å²) in [5.74, 6) is -1.78. The summed E-state index contributed by atoms with van der Waals surface area (Å²) in [6.07, 6.45) is 2.07. The number of carbonyl (C=O) groups excluding carboxylic acids is 2. The van der Waals surface area contributed by atoms with Gasteiger partial charge in [0.05, 0.1) is 7.11 Å². The largest absolute Gasteiger partial charge is 0.497 e. The van der Waals surface area contributed by atoms with Crippen molar-refractivity contribution in [2.24, 2.45) is 5.73 Å². The highest BCUT2D eigenvalue weighted by Crippen LogP contribution is 2.32. The summed E-state index contributed by atoms with van der Waals surface area (Å²) in [7, 11) is 1.57.